The fourth-order valence-electron chi connectivity index (χ4n) is 4.90. The minimum atomic E-state index is -1.03. The lowest BCUT2D eigenvalue weighted by Crippen LogP contribution is -2.63. The second kappa shape index (κ2) is 10.2. The summed E-state index contributed by atoms with van der Waals surface area (Å²) < 4.78 is 0. The van der Waals surface area contributed by atoms with Gasteiger partial charge in [-0.05, 0) is 50.6 Å². The highest BCUT2D eigenvalue weighted by Crippen LogP contribution is 2.47. The van der Waals surface area contributed by atoms with E-state index in [9.17, 15) is 24.6 Å². The summed E-state index contributed by atoms with van der Waals surface area (Å²) in [4.78, 5) is 38.6. The van der Waals surface area contributed by atoms with Crippen LogP contribution in [0.4, 0.5) is 0 Å². The van der Waals surface area contributed by atoms with Gasteiger partial charge in [0.25, 0.3) is 5.91 Å². The predicted molar refractivity (Wildman–Crippen MR) is 123 cm³/mol. The van der Waals surface area contributed by atoms with Gasteiger partial charge in [0.1, 0.15) is 5.70 Å². The first kappa shape index (κ1) is 25.8. The Morgan fingerprint density at radius 2 is 1.85 bits per heavy atom. The lowest BCUT2D eigenvalue weighted by atomic mass is 9.77. The minimum absolute atomic E-state index is 0.00556. The Hall–Kier alpha value is -2.82. The summed E-state index contributed by atoms with van der Waals surface area (Å²) >= 11 is 5.60. The van der Waals surface area contributed by atoms with Gasteiger partial charge < -0.3 is 30.6 Å². The highest BCUT2D eigenvalue weighted by molar-refractivity contribution is 6.35. The van der Waals surface area contributed by atoms with E-state index in [0.29, 0.717) is 6.54 Å². The smallest absolute Gasteiger partial charge is 0.352 e. The summed E-state index contributed by atoms with van der Waals surface area (Å²) in [6.07, 6.45) is 1.56. The number of nitrogens with zero attached hydrogens (tertiary/aromatic N) is 2. The molecule has 0 aliphatic carbocycles. The van der Waals surface area contributed by atoms with Crippen molar-refractivity contribution in [2.45, 2.75) is 38.8 Å². The number of benzene rings is 1. The van der Waals surface area contributed by atoms with Crippen LogP contribution in [-0.2, 0) is 9.59 Å². The van der Waals surface area contributed by atoms with E-state index in [1.807, 2.05) is 6.92 Å². The van der Waals surface area contributed by atoms with Gasteiger partial charge in [0, 0.05) is 19.5 Å². The molecule has 0 spiro atoms. The number of carboxylic acid groups (broad SMARTS) is 1. The third-order valence-corrected chi connectivity index (χ3v) is 7.06. The number of likely N-dealkylation sites (tertiary alicyclic amines) is 1. The number of nitrogens with one attached hydrogen (secondary N) is 1. The van der Waals surface area contributed by atoms with Gasteiger partial charge in [-0.1, -0.05) is 18.5 Å². The Kier molecular flexibility index (Phi) is 7.74. The Bertz CT molecular complexity index is 1020. The predicted octanol–water partition coefficient (Wildman–Crippen LogP) is 1.39. The van der Waals surface area contributed by atoms with Crippen molar-refractivity contribution < 1.29 is 34.8 Å². The first-order valence-electron chi connectivity index (χ1n) is 11.1. The number of fused-ring (bicyclic) bond motifs is 1. The summed E-state index contributed by atoms with van der Waals surface area (Å²) in [7, 11) is 1.45. The molecular formula is C23H30ClN3O7. The first-order chi connectivity index (χ1) is 16.0. The van der Waals surface area contributed by atoms with Crippen molar-refractivity contribution in [2.75, 3.05) is 26.7 Å². The van der Waals surface area contributed by atoms with E-state index in [1.54, 1.807) is 6.92 Å². The molecule has 3 heterocycles. The van der Waals surface area contributed by atoms with Crippen LogP contribution in [0.1, 0.15) is 37.0 Å². The average molecular weight is 496 g/mol. The summed E-state index contributed by atoms with van der Waals surface area (Å²) in [5.41, 5.74) is 1.12. The van der Waals surface area contributed by atoms with Crippen molar-refractivity contribution in [3.8, 4) is 11.5 Å². The molecule has 186 valence electrons. The number of aliphatic carboxylic acids is 1. The van der Waals surface area contributed by atoms with Crippen molar-refractivity contribution in [1.82, 2.24) is 15.1 Å². The number of aliphatic hydroxyl groups is 1. The first-order valence-corrected chi connectivity index (χ1v) is 11.5. The molecule has 2 amide bonds. The number of carbonyl (C=O) groups excluding carboxylic acids is 2. The standard InChI is InChI=1S/C15H22N2O4.C8H8ClNO3/c1-8-10(7-16-5-3-4-6-16)13(15(20)21)17-12(8)11(9(2)18)14(17)19;1-10-8(13)4-2-3-5(11)7(12)6(4)9/h8-9,11-12,18H,3-7H2,1-2H3,(H,20,21);2-3,11-12H,1H3,(H,10,13)/t8-,9+,11+,12?;/m0./s1. The molecule has 4 rings (SSSR count). The molecule has 0 aromatic heterocycles. The molecule has 1 aromatic rings. The maximum Gasteiger partial charge on any atom is 0.352 e. The van der Waals surface area contributed by atoms with Crippen molar-refractivity contribution in [3.05, 3.63) is 34.0 Å². The second-order valence-electron chi connectivity index (χ2n) is 8.79. The maximum absolute atomic E-state index is 12.2. The van der Waals surface area contributed by atoms with E-state index >= 15 is 0 Å². The van der Waals surface area contributed by atoms with Crippen LogP contribution in [0.15, 0.2) is 23.4 Å². The minimum Gasteiger partial charge on any atom is -0.504 e. The Labute approximate surface area is 202 Å². The lowest BCUT2D eigenvalue weighted by molar-refractivity contribution is -0.163. The number of phenolic OH excluding ortho intramolecular Hbond substituents is 2. The Morgan fingerprint density at radius 3 is 2.38 bits per heavy atom. The lowest BCUT2D eigenvalue weighted by Gasteiger charge is -2.46. The van der Waals surface area contributed by atoms with Crippen molar-refractivity contribution >= 4 is 29.4 Å². The fraction of sp³-hybridized carbons (Fsp3) is 0.522. The van der Waals surface area contributed by atoms with Crippen molar-refractivity contribution in [1.29, 1.82) is 0 Å². The van der Waals surface area contributed by atoms with Crippen LogP contribution in [0.2, 0.25) is 5.02 Å². The van der Waals surface area contributed by atoms with Gasteiger partial charge in [-0.15, -0.1) is 0 Å². The number of hydrogen-bond donors (Lipinski definition) is 5. The number of carbonyl (C=O) groups is 3. The zero-order valence-corrected chi connectivity index (χ0v) is 20.0. The number of halogens is 1. The summed E-state index contributed by atoms with van der Waals surface area (Å²) in [6.45, 7) is 6.17. The summed E-state index contributed by atoms with van der Waals surface area (Å²) in [5.74, 6) is -3.01. The number of phenols is 2. The molecule has 4 atom stereocenters. The highest BCUT2D eigenvalue weighted by atomic mass is 35.5. The van der Waals surface area contributed by atoms with E-state index in [2.05, 4.69) is 10.2 Å². The van der Waals surface area contributed by atoms with Crippen LogP contribution in [0.5, 0.6) is 11.5 Å². The molecule has 1 unspecified atom stereocenters. The van der Waals surface area contributed by atoms with E-state index in [0.717, 1.165) is 31.5 Å². The third kappa shape index (κ3) is 4.57. The van der Waals surface area contributed by atoms with Crippen LogP contribution in [0.3, 0.4) is 0 Å². The number of β-lactam (4-membered cyclic amide) rings is 1. The molecule has 0 saturated carbocycles. The molecule has 11 heteroatoms. The van der Waals surface area contributed by atoms with Crippen LogP contribution in [0.25, 0.3) is 0 Å². The van der Waals surface area contributed by atoms with Gasteiger partial charge in [0.05, 0.1) is 28.6 Å². The average Bonchev–Trinajstić information content (AvgIpc) is 3.37. The van der Waals surface area contributed by atoms with E-state index in [-0.39, 0.29) is 39.9 Å². The van der Waals surface area contributed by atoms with Crippen LogP contribution >= 0.6 is 11.6 Å². The molecule has 10 nitrogen and oxygen atoms in total. The quantitative estimate of drug-likeness (QED) is 0.303. The van der Waals surface area contributed by atoms with E-state index in [1.165, 1.54) is 24.1 Å². The number of aromatic hydroxyl groups is 2. The maximum atomic E-state index is 12.2. The Balaban J connectivity index is 0.000000215. The molecule has 3 aliphatic heterocycles. The van der Waals surface area contributed by atoms with E-state index in [4.69, 9.17) is 21.8 Å². The molecule has 3 aliphatic rings. The molecule has 1 aromatic carbocycles. The SMILES string of the molecule is CNC(=O)c1ccc(O)c(O)c1Cl.C[C@H]1C(CN2CCCC2)=C(C(=O)O)N2C(=O)[C@H]([C@@H](C)O)C12. The van der Waals surface area contributed by atoms with E-state index < -0.39 is 29.6 Å². The van der Waals surface area contributed by atoms with Gasteiger partial charge in [-0.2, -0.15) is 0 Å². The zero-order chi connectivity index (χ0) is 25.3. The van der Waals surface area contributed by atoms with Gasteiger partial charge >= 0.3 is 5.97 Å². The zero-order valence-electron chi connectivity index (χ0n) is 19.3. The van der Waals surface area contributed by atoms with Crippen molar-refractivity contribution in [3.63, 3.8) is 0 Å². The van der Waals surface area contributed by atoms with Gasteiger partial charge in [0.15, 0.2) is 11.5 Å². The van der Waals surface area contributed by atoms with Crippen LogP contribution in [0, 0.1) is 11.8 Å². The van der Waals surface area contributed by atoms with Crippen LogP contribution < -0.4 is 5.32 Å². The molecule has 5 N–H and O–H groups in total. The van der Waals surface area contributed by atoms with Crippen LogP contribution in [-0.4, -0.2) is 86.8 Å². The normalized spacial score (nSPS) is 24.8. The monoisotopic (exact) mass is 495 g/mol. The number of aliphatic hydroxyl groups excluding tert-OH is 1. The number of amides is 2. The molecule has 0 bridgehead atoms. The molecule has 2 saturated heterocycles. The molecule has 34 heavy (non-hydrogen) atoms. The second-order valence-corrected chi connectivity index (χ2v) is 9.17. The Morgan fingerprint density at radius 1 is 1.24 bits per heavy atom. The highest BCUT2D eigenvalue weighted by Gasteiger charge is 2.59. The number of rotatable bonds is 5. The van der Waals surface area contributed by atoms with Gasteiger partial charge in [-0.3, -0.25) is 14.5 Å². The number of carboxylic acids is 1. The molecule has 2 fully saturated rings. The largest absolute Gasteiger partial charge is 0.504 e. The topological polar surface area (TPSA) is 151 Å². The van der Waals surface area contributed by atoms with Gasteiger partial charge in [-0.25, -0.2) is 4.79 Å². The fourth-order valence-corrected chi connectivity index (χ4v) is 5.15. The number of hydrogen-bond acceptors (Lipinski definition) is 7. The summed E-state index contributed by atoms with van der Waals surface area (Å²) in [5, 5.41) is 39.7. The van der Waals surface area contributed by atoms with Crippen molar-refractivity contribution in [2.24, 2.45) is 11.8 Å². The summed E-state index contributed by atoms with van der Waals surface area (Å²) in [6, 6.07) is 2.34. The third-order valence-electron chi connectivity index (χ3n) is 6.68. The van der Waals surface area contributed by atoms with Gasteiger partial charge in [0.2, 0.25) is 5.91 Å². The molecule has 0 radical (unpaired) electrons. The molecular weight excluding hydrogens is 466 g/mol.